The van der Waals surface area contributed by atoms with Crippen molar-refractivity contribution in [1.29, 1.82) is 5.26 Å². The van der Waals surface area contributed by atoms with Gasteiger partial charge in [0.05, 0.1) is 14.2 Å². The normalized spacial score (nSPS) is 15.9. The smallest absolute Gasteiger partial charge is 0.264 e. The van der Waals surface area contributed by atoms with E-state index in [1.807, 2.05) is 13.1 Å². The third kappa shape index (κ3) is 4.02. The molecule has 1 heterocycles. The number of nitriles is 1. The van der Waals surface area contributed by atoms with Crippen LogP contribution < -0.4 is 9.47 Å². The lowest BCUT2D eigenvalue weighted by Crippen LogP contribution is -2.47. The van der Waals surface area contributed by atoms with Gasteiger partial charge in [-0.1, -0.05) is 0 Å². The van der Waals surface area contributed by atoms with Gasteiger partial charge in [-0.25, -0.2) is 0 Å². The Balaban J connectivity index is 2.25. The molecule has 1 saturated heterocycles. The second kappa shape index (κ2) is 7.65. The highest BCUT2D eigenvalue weighted by atomic mass is 16.5. The number of hydrogen-bond donors (Lipinski definition) is 0. The molecule has 122 valence electrons. The lowest BCUT2D eigenvalue weighted by molar-refractivity contribution is -0.128. The third-order valence-corrected chi connectivity index (χ3v) is 3.88. The van der Waals surface area contributed by atoms with Crippen LogP contribution in [0.15, 0.2) is 23.8 Å². The molecule has 0 aliphatic carbocycles. The Morgan fingerprint density at radius 2 is 1.91 bits per heavy atom. The van der Waals surface area contributed by atoms with Crippen LogP contribution in [0.5, 0.6) is 11.5 Å². The van der Waals surface area contributed by atoms with Crippen molar-refractivity contribution in [2.24, 2.45) is 0 Å². The van der Waals surface area contributed by atoms with Gasteiger partial charge in [0.2, 0.25) is 0 Å². The number of carbonyl (C=O) groups is 1. The predicted octanol–water partition coefficient (Wildman–Crippen LogP) is 1.38. The number of ether oxygens (including phenoxy) is 2. The van der Waals surface area contributed by atoms with Gasteiger partial charge in [0.1, 0.15) is 23.1 Å². The van der Waals surface area contributed by atoms with E-state index in [4.69, 9.17) is 9.47 Å². The van der Waals surface area contributed by atoms with Crippen LogP contribution in [-0.2, 0) is 4.79 Å². The predicted molar refractivity (Wildman–Crippen MR) is 87.2 cm³/mol. The van der Waals surface area contributed by atoms with E-state index in [0.29, 0.717) is 30.2 Å². The van der Waals surface area contributed by atoms with Gasteiger partial charge in [-0.3, -0.25) is 4.79 Å². The zero-order valence-corrected chi connectivity index (χ0v) is 13.7. The molecular weight excluding hydrogens is 294 g/mol. The summed E-state index contributed by atoms with van der Waals surface area (Å²) >= 11 is 0. The highest BCUT2D eigenvalue weighted by Crippen LogP contribution is 2.26. The maximum atomic E-state index is 12.5. The molecule has 0 bridgehead atoms. The molecule has 1 aromatic rings. The maximum Gasteiger partial charge on any atom is 0.264 e. The van der Waals surface area contributed by atoms with Crippen molar-refractivity contribution in [2.75, 3.05) is 47.4 Å². The molecule has 0 spiro atoms. The molecule has 6 heteroatoms. The number of piperazine rings is 1. The molecule has 1 amide bonds. The summed E-state index contributed by atoms with van der Waals surface area (Å²) in [5, 5.41) is 9.36. The van der Waals surface area contributed by atoms with Gasteiger partial charge >= 0.3 is 0 Å². The first kappa shape index (κ1) is 16.8. The summed E-state index contributed by atoms with van der Waals surface area (Å²) in [6.45, 7) is 2.90. The maximum absolute atomic E-state index is 12.5. The van der Waals surface area contributed by atoms with E-state index in [1.165, 1.54) is 0 Å². The molecule has 0 saturated carbocycles. The summed E-state index contributed by atoms with van der Waals surface area (Å²) in [4.78, 5) is 16.4. The fraction of sp³-hybridized carbons (Fsp3) is 0.412. The number of rotatable bonds is 4. The fourth-order valence-corrected chi connectivity index (χ4v) is 2.41. The minimum atomic E-state index is -0.238. The van der Waals surface area contributed by atoms with E-state index in [-0.39, 0.29) is 11.5 Å². The number of nitrogens with zero attached hydrogens (tertiary/aromatic N) is 3. The molecule has 1 aliphatic heterocycles. The summed E-state index contributed by atoms with van der Waals surface area (Å²) in [7, 11) is 5.13. The molecule has 0 atom stereocenters. The van der Waals surface area contributed by atoms with Gasteiger partial charge in [0, 0.05) is 37.8 Å². The first-order chi connectivity index (χ1) is 11.1. The van der Waals surface area contributed by atoms with Gasteiger partial charge < -0.3 is 19.3 Å². The average molecular weight is 315 g/mol. The van der Waals surface area contributed by atoms with Crippen molar-refractivity contribution in [3.63, 3.8) is 0 Å². The number of benzene rings is 1. The van der Waals surface area contributed by atoms with Crippen LogP contribution in [0.25, 0.3) is 6.08 Å². The van der Waals surface area contributed by atoms with Crippen molar-refractivity contribution in [3.8, 4) is 17.6 Å². The Kier molecular flexibility index (Phi) is 5.61. The molecule has 0 unspecified atom stereocenters. The molecule has 0 aromatic heterocycles. The van der Waals surface area contributed by atoms with Crippen molar-refractivity contribution in [3.05, 3.63) is 29.3 Å². The molecule has 0 radical (unpaired) electrons. The number of hydrogen-bond acceptors (Lipinski definition) is 5. The first-order valence-corrected chi connectivity index (χ1v) is 7.40. The van der Waals surface area contributed by atoms with Crippen LogP contribution in [0.2, 0.25) is 0 Å². The molecule has 1 aromatic carbocycles. The summed E-state index contributed by atoms with van der Waals surface area (Å²) < 4.78 is 10.5. The standard InChI is InChI=1S/C17H21N3O3/c1-19-6-8-20(9-7-19)17(21)14(12-18)10-13-4-5-15(22-2)11-16(13)23-3/h4-5,10-11H,6-9H2,1-3H3/b14-10+. The van der Waals surface area contributed by atoms with Crippen molar-refractivity contribution >= 4 is 12.0 Å². The van der Waals surface area contributed by atoms with Crippen LogP contribution in [0, 0.1) is 11.3 Å². The molecule has 23 heavy (non-hydrogen) atoms. The number of methoxy groups -OCH3 is 2. The van der Waals surface area contributed by atoms with Crippen molar-refractivity contribution < 1.29 is 14.3 Å². The first-order valence-electron chi connectivity index (χ1n) is 7.40. The lowest BCUT2D eigenvalue weighted by Gasteiger charge is -2.32. The van der Waals surface area contributed by atoms with E-state index in [0.717, 1.165) is 13.1 Å². The molecule has 1 fully saturated rings. The number of carbonyl (C=O) groups excluding carboxylic acids is 1. The fourth-order valence-electron chi connectivity index (χ4n) is 2.41. The Hall–Kier alpha value is -2.52. The lowest BCUT2D eigenvalue weighted by atomic mass is 10.1. The molecule has 6 nitrogen and oxygen atoms in total. The SMILES string of the molecule is COc1ccc(/C=C(\C#N)C(=O)N2CCN(C)CC2)c(OC)c1. The Morgan fingerprint density at radius 3 is 2.48 bits per heavy atom. The largest absolute Gasteiger partial charge is 0.497 e. The Labute approximate surface area is 136 Å². The van der Waals surface area contributed by atoms with E-state index >= 15 is 0 Å². The average Bonchev–Trinajstić information content (AvgIpc) is 2.59. The Bertz CT molecular complexity index is 641. The van der Waals surface area contributed by atoms with E-state index in [2.05, 4.69) is 4.90 Å². The van der Waals surface area contributed by atoms with Gasteiger partial charge in [0.25, 0.3) is 5.91 Å². The summed E-state index contributed by atoms with van der Waals surface area (Å²) in [6, 6.07) is 7.27. The summed E-state index contributed by atoms with van der Waals surface area (Å²) in [5.41, 5.74) is 0.783. The van der Waals surface area contributed by atoms with Gasteiger partial charge in [-0.15, -0.1) is 0 Å². The monoisotopic (exact) mass is 315 g/mol. The van der Waals surface area contributed by atoms with Crippen LogP contribution in [0.1, 0.15) is 5.56 Å². The van der Waals surface area contributed by atoms with Crippen LogP contribution >= 0.6 is 0 Å². The zero-order chi connectivity index (χ0) is 16.8. The zero-order valence-electron chi connectivity index (χ0n) is 13.7. The summed E-state index contributed by atoms with van der Waals surface area (Å²) in [6.07, 6.45) is 1.57. The number of likely N-dealkylation sites (N-methyl/N-ethyl adjacent to an activating group) is 1. The van der Waals surface area contributed by atoms with Crippen LogP contribution in [0.4, 0.5) is 0 Å². The van der Waals surface area contributed by atoms with E-state index < -0.39 is 0 Å². The minimum Gasteiger partial charge on any atom is -0.497 e. The van der Waals surface area contributed by atoms with Crippen molar-refractivity contribution in [1.82, 2.24) is 9.80 Å². The second-order valence-electron chi connectivity index (χ2n) is 5.37. The van der Waals surface area contributed by atoms with Gasteiger partial charge in [-0.2, -0.15) is 5.26 Å². The topological polar surface area (TPSA) is 65.8 Å². The highest BCUT2D eigenvalue weighted by Gasteiger charge is 2.22. The Morgan fingerprint density at radius 1 is 1.22 bits per heavy atom. The second-order valence-corrected chi connectivity index (χ2v) is 5.37. The summed E-state index contributed by atoms with van der Waals surface area (Å²) in [5.74, 6) is 0.977. The van der Waals surface area contributed by atoms with Gasteiger partial charge in [0.15, 0.2) is 0 Å². The van der Waals surface area contributed by atoms with E-state index in [1.54, 1.807) is 43.4 Å². The minimum absolute atomic E-state index is 0.109. The van der Waals surface area contributed by atoms with Crippen molar-refractivity contribution in [2.45, 2.75) is 0 Å². The quantitative estimate of drug-likeness (QED) is 0.620. The molecule has 0 N–H and O–H groups in total. The highest BCUT2D eigenvalue weighted by molar-refractivity contribution is 6.02. The van der Waals surface area contributed by atoms with E-state index in [9.17, 15) is 10.1 Å². The number of amides is 1. The van der Waals surface area contributed by atoms with Gasteiger partial charge in [-0.05, 0) is 25.3 Å². The molecule has 2 rings (SSSR count). The van der Waals surface area contributed by atoms with Crippen LogP contribution in [-0.4, -0.2) is 63.2 Å². The molecule has 1 aliphatic rings. The molecular formula is C17H21N3O3. The third-order valence-electron chi connectivity index (χ3n) is 3.88. The van der Waals surface area contributed by atoms with Crippen LogP contribution in [0.3, 0.4) is 0 Å².